The molecule has 0 saturated heterocycles. The second-order valence-electron chi connectivity index (χ2n) is 3.40. The normalized spacial score (nSPS) is 15.3. The van der Waals surface area contributed by atoms with Crippen molar-refractivity contribution in [1.82, 2.24) is 5.32 Å². The molecule has 0 amide bonds. The van der Waals surface area contributed by atoms with E-state index in [0.717, 1.165) is 30.6 Å². The van der Waals surface area contributed by atoms with Gasteiger partial charge in [0.15, 0.2) is 0 Å². The summed E-state index contributed by atoms with van der Waals surface area (Å²) in [6, 6.07) is 5.05. The van der Waals surface area contributed by atoms with E-state index in [1.54, 1.807) is 12.1 Å². The second-order valence-corrected chi connectivity index (χ2v) is 4.96. The second kappa shape index (κ2) is 4.49. The average Bonchev–Trinajstić information content (AvgIpc) is 2.16. The molecule has 1 heterocycles. The van der Waals surface area contributed by atoms with Gasteiger partial charge in [0.1, 0.15) is 0 Å². The Kier molecular flexibility index (Phi) is 3.72. The molecule has 0 unspecified atom stereocenters. The fourth-order valence-electron chi connectivity index (χ4n) is 1.63. The van der Waals surface area contributed by atoms with Crippen LogP contribution in [0.1, 0.15) is 11.1 Å². The predicted molar refractivity (Wildman–Crippen MR) is 60.5 cm³/mol. The van der Waals surface area contributed by atoms with E-state index in [0.29, 0.717) is 0 Å². The first kappa shape index (κ1) is 12.4. The zero-order valence-corrected chi connectivity index (χ0v) is 9.70. The summed E-state index contributed by atoms with van der Waals surface area (Å²) in [6.07, 6.45) is 0.860. The molecule has 84 valence electrons. The third-order valence-corrected chi connectivity index (χ3v) is 3.30. The number of sulfonamides is 1. The van der Waals surface area contributed by atoms with Crippen molar-refractivity contribution in [3.05, 3.63) is 29.3 Å². The van der Waals surface area contributed by atoms with E-state index in [2.05, 4.69) is 5.32 Å². The van der Waals surface area contributed by atoms with Crippen LogP contribution in [0.25, 0.3) is 0 Å². The SMILES string of the molecule is Cl.NS(=O)(=O)c1ccc2c(c1)CCNC2. The average molecular weight is 249 g/mol. The van der Waals surface area contributed by atoms with E-state index in [4.69, 9.17) is 5.14 Å². The van der Waals surface area contributed by atoms with Crippen molar-refractivity contribution in [2.24, 2.45) is 5.14 Å². The molecule has 4 nitrogen and oxygen atoms in total. The molecule has 0 atom stereocenters. The lowest BCUT2D eigenvalue weighted by Crippen LogP contribution is -2.24. The van der Waals surface area contributed by atoms with Crippen LogP contribution in [0.15, 0.2) is 23.1 Å². The molecule has 1 aromatic carbocycles. The summed E-state index contributed by atoms with van der Waals surface area (Å²) in [5, 5.41) is 8.26. The zero-order chi connectivity index (χ0) is 10.2. The van der Waals surface area contributed by atoms with Crippen LogP contribution in [0, 0.1) is 0 Å². The lowest BCUT2D eigenvalue weighted by molar-refractivity contribution is 0.596. The lowest BCUT2D eigenvalue weighted by atomic mass is 10.0. The van der Waals surface area contributed by atoms with Gasteiger partial charge in [-0.15, -0.1) is 12.4 Å². The highest BCUT2D eigenvalue weighted by molar-refractivity contribution is 7.89. The summed E-state index contributed by atoms with van der Waals surface area (Å²) in [6.45, 7) is 1.70. The molecule has 2 rings (SSSR count). The first-order chi connectivity index (χ1) is 6.57. The topological polar surface area (TPSA) is 72.2 Å². The number of primary sulfonamides is 1. The summed E-state index contributed by atoms with van der Waals surface area (Å²) in [5.74, 6) is 0. The van der Waals surface area contributed by atoms with E-state index in [1.807, 2.05) is 6.07 Å². The number of hydrogen-bond acceptors (Lipinski definition) is 3. The summed E-state index contributed by atoms with van der Waals surface area (Å²) >= 11 is 0. The number of nitrogens with one attached hydrogen (secondary N) is 1. The van der Waals surface area contributed by atoms with E-state index in [9.17, 15) is 8.42 Å². The number of benzene rings is 1. The van der Waals surface area contributed by atoms with Crippen LogP contribution in [-0.2, 0) is 23.0 Å². The smallest absolute Gasteiger partial charge is 0.238 e. The maximum absolute atomic E-state index is 11.1. The minimum absolute atomic E-state index is 0. The first-order valence-electron chi connectivity index (χ1n) is 4.43. The molecule has 1 aliphatic heterocycles. The molecule has 0 saturated carbocycles. The van der Waals surface area contributed by atoms with Crippen LogP contribution in [0.2, 0.25) is 0 Å². The Morgan fingerprint density at radius 1 is 1.27 bits per heavy atom. The highest BCUT2D eigenvalue weighted by atomic mass is 35.5. The summed E-state index contributed by atoms with van der Waals surface area (Å²) in [4.78, 5) is 0.207. The quantitative estimate of drug-likeness (QED) is 0.756. The van der Waals surface area contributed by atoms with Gasteiger partial charge in [-0.05, 0) is 36.2 Å². The standard InChI is InChI=1S/C9H12N2O2S.ClH/c10-14(12,13)9-2-1-8-6-11-4-3-7(8)5-9;/h1-2,5,11H,3-4,6H2,(H2,10,12,13);1H. The van der Waals surface area contributed by atoms with Crippen molar-refractivity contribution in [2.75, 3.05) is 6.54 Å². The molecule has 0 aliphatic carbocycles. The van der Waals surface area contributed by atoms with Crippen molar-refractivity contribution in [3.63, 3.8) is 0 Å². The van der Waals surface area contributed by atoms with Gasteiger partial charge in [-0.1, -0.05) is 6.07 Å². The maximum Gasteiger partial charge on any atom is 0.238 e. The van der Waals surface area contributed by atoms with Crippen LogP contribution in [0.4, 0.5) is 0 Å². The Hall–Kier alpha value is -0.620. The molecule has 0 aromatic heterocycles. The summed E-state index contributed by atoms with van der Waals surface area (Å²) < 4.78 is 22.2. The van der Waals surface area contributed by atoms with Gasteiger partial charge in [-0.25, -0.2) is 13.6 Å². The Morgan fingerprint density at radius 2 is 2.00 bits per heavy atom. The fraction of sp³-hybridized carbons (Fsp3) is 0.333. The van der Waals surface area contributed by atoms with E-state index in [-0.39, 0.29) is 17.3 Å². The summed E-state index contributed by atoms with van der Waals surface area (Å²) in [5.41, 5.74) is 2.24. The zero-order valence-electron chi connectivity index (χ0n) is 8.06. The van der Waals surface area contributed by atoms with Crippen LogP contribution in [0.5, 0.6) is 0 Å². The first-order valence-corrected chi connectivity index (χ1v) is 5.97. The third kappa shape index (κ3) is 2.69. The Balaban J connectivity index is 0.00000112. The Morgan fingerprint density at radius 3 is 2.67 bits per heavy atom. The van der Waals surface area contributed by atoms with Gasteiger partial charge >= 0.3 is 0 Å². The monoisotopic (exact) mass is 248 g/mol. The fourth-order valence-corrected chi connectivity index (χ4v) is 2.19. The van der Waals surface area contributed by atoms with Gasteiger partial charge in [0.05, 0.1) is 4.90 Å². The molecular formula is C9H13ClN2O2S. The van der Waals surface area contributed by atoms with E-state index < -0.39 is 10.0 Å². The van der Waals surface area contributed by atoms with Crippen molar-refractivity contribution >= 4 is 22.4 Å². The maximum atomic E-state index is 11.1. The van der Waals surface area contributed by atoms with E-state index in [1.165, 1.54) is 0 Å². The highest BCUT2D eigenvalue weighted by Gasteiger charge is 2.13. The molecule has 15 heavy (non-hydrogen) atoms. The van der Waals surface area contributed by atoms with Crippen molar-refractivity contribution in [1.29, 1.82) is 0 Å². The largest absolute Gasteiger partial charge is 0.312 e. The van der Waals surface area contributed by atoms with Gasteiger partial charge in [-0.2, -0.15) is 0 Å². The number of nitrogens with two attached hydrogens (primary N) is 1. The molecular weight excluding hydrogens is 236 g/mol. The Bertz CT molecular complexity index is 459. The molecule has 0 bridgehead atoms. The number of fused-ring (bicyclic) bond motifs is 1. The molecule has 0 radical (unpaired) electrons. The Labute approximate surface area is 95.3 Å². The minimum atomic E-state index is -3.56. The van der Waals surface area contributed by atoms with Crippen LogP contribution in [0.3, 0.4) is 0 Å². The van der Waals surface area contributed by atoms with Gasteiger partial charge in [0, 0.05) is 6.54 Å². The number of rotatable bonds is 1. The highest BCUT2D eigenvalue weighted by Crippen LogP contribution is 2.17. The van der Waals surface area contributed by atoms with E-state index >= 15 is 0 Å². The predicted octanol–water partition coefficient (Wildman–Crippen LogP) is 0.401. The van der Waals surface area contributed by atoms with Crippen molar-refractivity contribution < 1.29 is 8.42 Å². The van der Waals surface area contributed by atoms with Crippen LogP contribution >= 0.6 is 12.4 Å². The number of hydrogen-bond donors (Lipinski definition) is 2. The third-order valence-electron chi connectivity index (χ3n) is 2.39. The van der Waals surface area contributed by atoms with Gasteiger partial charge in [0.2, 0.25) is 10.0 Å². The molecule has 3 N–H and O–H groups in total. The molecule has 0 spiro atoms. The minimum Gasteiger partial charge on any atom is -0.312 e. The van der Waals surface area contributed by atoms with Gasteiger partial charge < -0.3 is 5.32 Å². The molecule has 0 fully saturated rings. The van der Waals surface area contributed by atoms with Crippen LogP contribution in [-0.4, -0.2) is 15.0 Å². The lowest BCUT2D eigenvalue weighted by Gasteiger charge is -2.17. The van der Waals surface area contributed by atoms with Gasteiger partial charge in [-0.3, -0.25) is 0 Å². The van der Waals surface area contributed by atoms with Gasteiger partial charge in [0.25, 0.3) is 0 Å². The van der Waals surface area contributed by atoms with Crippen molar-refractivity contribution in [2.45, 2.75) is 17.9 Å². The molecule has 6 heteroatoms. The number of halogens is 1. The van der Waals surface area contributed by atoms with Crippen molar-refractivity contribution in [3.8, 4) is 0 Å². The van der Waals surface area contributed by atoms with Crippen LogP contribution < -0.4 is 10.5 Å². The molecule has 1 aliphatic rings. The molecule has 1 aromatic rings. The summed E-state index contributed by atoms with van der Waals surface area (Å²) in [7, 11) is -3.56.